The van der Waals surface area contributed by atoms with Crippen molar-refractivity contribution in [3.05, 3.63) is 24.3 Å². The number of imide groups is 2. The predicted molar refractivity (Wildman–Crippen MR) is 69.5 cm³/mol. The maximum atomic E-state index is 11.6. The molecule has 2 bridgehead atoms. The van der Waals surface area contributed by atoms with Crippen molar-refractivity contribution in [2.24, 2.45) is 11.8 Å². The third kappa shape index (κ3) is 1.92. The maximum Gasteiger partial charge on any atom is 0.253 e. The van der Waals surface area contributed by atoms with E-state index >= 15 is 0 Å². The van der Waals surface area contributed by atoms with Crippen molar-refractivity contribution in [2.45, 2.75) is 12.2 Å². The van der Waals surface area contributed by atoms with Crippen LogP contribution < -0.4 is 0 Å². The summed E-state index contributed by atoms with van der Waals surface area (Å²) in [6.07, 6.45) is 5.96. The van der Waals surface area contributed by atoms with Crippen LogP contribution in [0.4, 0.5) is 0 Å². The van der Waals surface area contributed by atoms with Crippen LogP contribution in [0.3, 0.4) is 0 Å². The molecule has 0 spiro atoms. The van der Waals surface area contributed by atoms with E-state index in [2.05, 4.69) is 0 Å². The van der Waals surface area contributed by atoms with Crippen molar-refractivity contribution < 1.29 is 23.9 Å². The van der Waals surface area contributed by atoms with Gasteiger partial charge in [0.25, 0.3) is 11.8 Å². The zero-order valence-corrected chi connectivity index (χ0v) is 11.6. The van der Waals surface area contributed by atoms with Crippen LogP contribution in [0.1, 0.15) is 0 Å². The summed E-state index contributed by atoms with van der Waals surface area (Å²) in [5.74, 6) is -1.15. The minimum absolute atomic E-state index is 0.0909. The Labute approximate surface area is 120 Å². The van der Waals surface area contributed by atoms with Crippen LogP contribution >= 0.6 is 0 Å². The Kier molecular flexibility index (Phi) is 3.02. The lowest BCUT2D eigenvalue weighted by molar-refractivity contribution is -0.141. The minimum Gasteiger partial charge on any atom is -0.365 e. The van der Waals surface area contributed by atoms with Crippen LogP contribution in [-0.2, 0) is 23.9 Å². The molecule has 4 aliphatic heterocycles. The lowest BCUT2D eigenvalue weighted by Gasteiger charge is -2.10. The van der Waals surface area contributed by atoms with Gasteiger partial charge in [0, 0.05) is 26.2 Å². The van der Waals surface area contributed by atoms with Crippen LogP contribution in [0.15, 0.2) is 24.3 Å². The highest BCUT2D eigenvalue weighted by Crippen LogP contribution is 2.44. The summed E-state index contributed by atoms with van der Waals surface area (Å²) < 4.78 is 5.45. The Morgan fingerprint density at radius 1 is 0.810 bits per heavy atom. The molecule has 0 saturated carbocycles. The second kappa shape index (κ2) is 4.63. The highest BCUT2D eigenvalue weighted by molar-refractivity contribution is 6.12. The first kappa shape index (κ1) is 13.7. The first-order chi connectivity index (χ1) is 9.91. The van der Waals surface area contributed by atoms with Crippen LogP contribution in [0.5, 0.6) is 0 Å². The van der Waals surface area contributed by atoms with Gasteiger partial charge in [-0.1, -0.05) is 12.2 Å². The molecule has 0 aromatic carbocycles. The number of nitrogens with zero attached hydrogens (tertiary/aromatic N) is 2. The molecule has 0 radical (unpaired) electrons. The summed E-state index contributed by atoms with van der Waals surface area (Å²) in [5, 5.41) is 0. The van der Waals surface area contributed by atoms with Gasteiger partial charge in [-0.05, 0) is 0 Å². The summed E-state index contributed by atoms with van der Waals surface area (Å²) in [7, 11) is 2.99. The van der Waals surface area contributed by atoms with E-state index in [1.165, 1.54) is 24.1 Å². The molecule has 0 aliphatic carbocycles. The average Bonchev–Trinajstić information content (AvgIpc) is 3.20. The quantitative estimate of drug-likeness (QED) is 0.426. The molecule has 2 saturated heterocycles. The van der Waals surface area contributed by atoms with E-state index in [0.717, 1.165) is 4.90 Å². The second-order valence-electron chi connectivity index (χ2n) is 5.31. The third-order valence-corrected chi connectivity index (χ3v) is 4.16. The molecule has 4 rings (SSSR count). The predicted octanol–water partition coefficient (Wildman–Crippen LogP) is -0.904. The number of hydrogen-bond donors (Lipinski definition) is 0. The fourth-order valence-corrected chi connectivity index (χ4v) is 2.93. The topological polar surface area (TPSA) is 84.0 Å². The number of carbonyl (C=O) groups is 4. The molecule has 4 aliphatic rings. The number of carbonyl (C=O) groups excluding carboxylic acids is 4. The molecule has 21 heavy (non-hydrogen) atoms. The lowest BCUT2D eigenvalue weighted by atomic mass is 9.85. The molecule has 110 valence electrons. The third-order valence-electron chi connectivity index (χ3n) is 4.16. The van der Waals surface area contributed by atoms with Gasteiger partial charge >= 0.3 is 0 Å². The number of ether oxygens (including phenoxy) is 1. The maximum absolute atomic E-state index is 11.6. The Morgan fingerprint density at radius 3 is 1.57 bits per heavy atom. The van der Waals surface area contributed by atoms with Gasteiger partial charge < -0.3 is 4.74 Å². The highest BCUT2D eigenvalue weighted by Gasteiger charge is 2.59. The molecule has 4 amide bonds. The van der Waals surface area contributed by atoms with E-state index < -0.39 is 0 Å². The van der Waals surface area contributed by atoms with E-state index in [1.807, 2.05) is 12.2 Å². The van der Waals surface area contributed by atoms with Gasteiger partial charge in [-0.25, -0.2) is 0 Å². The van der Waals surface area contributed by atoms with Crippen LogP contribution in [-0.4, -0.2) is 59.7 Å². The van der Waals surface area contributed by atoms with E-state index in [1.54, 1.807) is 7.05 Å². The van der Waals surface area contributed by atoms with E-state index in [-0.39, 0.29) is 47.7 Å². The Morgan fingerprint density at radius 2 is 1.24 bits per heavy atom. The van der Waals surface area contributed by atoms with Gasteiger partial charge in [0.1, 0.15) is 0 Å². The molecule has 4 atom stereocenters. The molecule has 4 heterocycles. The van der Waals surface area contributed by atoms with Gasteiger partial charge in [-0.2, -0.15) is 0 Å². The molecule has 7 nitrogen and oxygen atoms in total. The van der Waals surface area contributed by atoms with Gasteiger partial charge in [0.2, 0.25) is 11.8 Å². The number of likely N-dealkylation sites (N-methyl/N-ethyl adjacent to an activating group) is 1. The molecule has 7 heteroatoms. The molecule has 0 N–H and O–H groups in total. The van der Waals surface area contributed by atoms with E-state index in [9.17, 15) is 19.2 Å². The standard InChI is InChI=1S/C9H9NO3.C5H5NO2/c1-10-8(11)6-4-2-3-5(13-4)7(6)9(10)12;1-6-4(7)2-3-5(6)8/h2-7H,1H3;2-3H,1H3. The smallest absolute Gasteiger partial charge is 0.253 e. The van der Waals surface area contributed by atoms with Crippen LogP contribution in [0.2, 0.25) is 0 Å². The van der Waals surface area contributed by atoms with Crippen molar-refractivity contribution in [1.29, 1.82) is 0 Å². The molecule has 0 aromatic heterocycles. The number of rotatable bonds is 0. The molecule has 0 aromatic rings. The fourth-order valence-electron chi connectivity index (χ4n) is 2.93. The number of amides is 4. The van der Waals surface area contributed by atoms with Crippen molar-refractivity contribution in [3.63, 3.8) is 0 Å². The molecule has 4 unspecified atom stereocenters. The monoisotopic (exact) mass is 290 g/mol. The summed E-state index contributed by atoms with van der Waals surface area (Å²) in [6.45, 7) is 0. The largest absolute Gasteiger partial charge is 0.365 e. The zero-order valence-electron chi connectivity index (χ0n) is 11.6. The normalized spacial score (nSPS) is 35.7. The summed E-state index contributed by atoms with van der Waals surface area (Å²) in [6, 6.07) is 0. The molecular formula is C14H14N2O5. The van der Waals surface area contributed by atoms with Gasteiger partial charge in [0.05, 0.1) is 24.0 Å². The molecular weight excluding hydrogens is 276 g/mol. The first-order valence-electron chi connectivity index (χ1n) is 6.56. The number of hydrogen-bond acceptors (Lipinski definition) is 5. The summed E-state index contributed by atoms with van der Waals surface area (Å²) >= 11 is 0. The van der Waals surface area contributed by atoms with Crippen molar-refractivity contribution >= 4 is 23.6 Å². The minimum atomic E-state index is -0.243. The van der Waals surface area contributed by atoms with Crippen LogP contribution in [0, 0.1) is 11.8 Å². The lowest BCUT2D eigenvalue weighted by Crippen LogP contribution is -2.30. The van der Waals surface area contributed by atoms with Crippen molar-refractivity contribution in [3.8, 4) is 0 Å². The Bertz CT molecular complexity index is 560. The van der Waals surface area contributed by atoms with Crippen molar-refractivity contribution in [2.75, 3.05) is 14.1 Å². The van der Waals surface area contributed by atoms with E-state index in [4.69, 9.17) is 4.74 Å². The second-order valence-corrected chi connectivity index (χ2v) is 5.31. The summed E-state index contributed by atoms with van der Waals surface area (Å²) in [5.41, 5.74) is 0. The average molecular weight is 290 g/mol. The van der Waals surface area contributed by atoms with E-state index in [0.29, 0.717) is 0 Å². The first-order valence-corrected chi connectivity index (χ1v) is 6.56. The Balaban J connectivity index is 0.000000143. The highest BCUT2D eigenvalue weighted by atomic mass is 16.5. The SMILES string of the molecule is CN1C(=O)C2C3C=CC(O3)C2C1=O.CN1C(=O)C=CC1=O. The Hall–Kier alpha value is -2.28. The van der Waals surface area contributed by atoms with Crippen molar-refractivity contribution in [1.82, 2.24) is 9.80 Å². The van der Waals surface area contributed by atoms with Gasteiger partial charge in [0.15, 0.2) is 0 Å². The summed E-state index contributed by atoms with van der Waals surface area (Å²) in [4.78, 5) is 46.2. The fraction of sp³-hybridized carbons (Fsp3) is 0.429. The van der Waals surface area contributed by atoms with Gasteiger partial charge in [-0.3, -0.25) is 29.0 Å². The van der Waals surface area contributed by atoms with Gasteiger partial charge in [-0.15, -0.1) is 0 Å². The van der Waals surface area contributed by atoms with Crippen LogP contribution in [0.25, 0.3) is 0 Å². The molecule has 2 fully saturated rings. The zero-order chi connectivity index (χ0) is 15.3. The number of fused-ring (bicyclic) bond motifs is 5. The number of likely N-dealkylation sites (tertiary alicyclic amines) is 1.